The van der Waals surface area contributed by atoms with Crippen LogP contribution in [0.25, 0.3) is 0 Å². The van der Waals surface area contributed by atoms with Crippen LogP contribution >= 0.6 is 15.9 Å². The van der Waals surface area contributed by atoms with Gasteiger partial charge in [-0.2, -0.15) is 0 Å². The van der Waals surface area contributed by atoms with E-state index in [0.717, 1.165) is 27.7 Å². The van der Waals surface area contributed by atoms with E-state index >= 15 is 0 Å². The molecule has 0 N–H and O–H groups in total. The van der Waals surface area contributed by atoms with Crippen LogP contribution in [0.2, 0.25) is 0 Å². The number of ketones is 1. The van der Waals surface area contributed by atoms with Crippen molar-refractivity contribution in [1.29, 1.82) is 0 Å². The van der Waals surface area contributed by atoms with Crippen LogP contribution in [-0.4, -0.2) is 15.8 Å². The Labute approximate surface area is 114 Å². The molecule has 0 aliphatic heterocycles. The van der Waals surface area contributed by atoms with Crippen LogP contribution in [0.15, 0.2) is 41.3 Å². The topological polar surface area (TPSA) is 42.9 Å². The monoisotopic (exact) mass is 304 g/mol. The van der Waals surface area contributed by atoms with Crippen molar-refractivity contribution in [3.8, 4) is 0 Å². The lowest BCUT2D eigenvalue weighted by Crippen LogP contribution is -2.08. The summed E-state index contributed by atoms with van der Waals surface area (Å²) in [5.74, 6) is 0.0871. The molecule has 0 aliphatic carbocycles. The molecule has 0 aromatic carbocycles. The summed E-state index contributed by atoms with van der Waals surface area (Å²) in [6.07, 6.45) is 6.24. The van der Waals surface area contributed by atoms with Crippen LogP contribution in [0.1, 0.15) is 28.5 Å². The van der Waals surface area contributed by atoms with Gasteiger partial charge >= 0.3 is 0 Å². The van der Waals surface area contributed by atoms with Crippen LogP contribution < -0.4 is 0 Å². The first kappa shape index (κ1) is 12.9. The van der Waals surface area contributed by atoms with E-state index in [1.54, 1.807) is 24.7 Å². The van der Waals surface area contributed by atoms with Gasteiger partial charge in [-0.05, 0) is 46.1 Å². The molecule has 0 fully saturated rings. The van der Waals surface area contributed by atoms with E-state index < -0.39 is 0 Å². The third-order valence-electron chi connectivity index (χ3n) is 2.72. The molecule has 3 nitrogen and oxygen atoms in total. The fourth-order valence-electron chi connectivity index (χ4n) is 1.75. The van der Waals surface area contributed by atoms with Gasteiger partial charge in [0, 0.05) is 34.3 Å². The van der Waals surface area contributed by atoms with Gasteiger partial charge in [0.05, 0.1) is 6.42 Å². The molecule has 0 unspecified atom stereocenters. The molecule has 0 amide bonds. The molecule has 0 saturated heterocycles. The van der Waals surface area contributed by atoms with Crippen molar-refractivity contribution in [2.75, 3.05) is 0 Å². The fraction of sp³-hybridized carbons (Fsp3) is 0.214. The molecule has 0 saturated carbocycles. The number of carbonyl (C=O) groups excluding carboxylic acids is 1. The zero-order valence-corrected chi connectivity index (χ0v) is 11.6. The highest BCUT2D eigenvalue weighted by molar-refractivity contribution is 9.10. The predicted molar refractivity (Wildman–Crippen MR) is 73.6 cm³/mol. The normalized spacial score (nSPS) is 10.3. The number of aromatic nitrogens is 2. The summed E-state index contributed by atoms with van der Waals surface area (Å²) in [5.41, 5.74) is 2.51. The standard InChI is InChI=1S/C14H13BrN2O/c1-2-10-8-16-6-5-13(10)14(18)7-12-4-3-11(15)9-17-12/h3-6,8-9H,2,7H2,1H3. The number of Topliss-reactive ketones (excluding diaryl/α,β-unsaturated/α-hetero) is 1. The third kappa shape index (κ3) is 3.01. The van der Waals surface area contributed by atoms with E-state index in [1.807, 2.05) is 19.1 Å². The van der Waals surface area contributed by atoms with E-state index in [-0.39, 0.29) is 5.78 Å². The zero-order valence-electron chi connectivity index (χ0n) is 10.1. The first-order valence-electron chi connectivity index (χ1n) is 5.77. The molecule has 92 valence electrons. The minimum absolute atomic E-state index is 0.0871. The van der Waals surface area contributed by atoms with Crippen LogP contribution in [0, 0.1) is 0 Å². The number of hydrogen-bond donors (Lipinski definition) is 0. The Hall–Kier alpha value is -1.55. The molecule has 2 aromatic rings. The lowest BCUT2D eigenvalue weighted by molar-refractivity contribution is 0.0991. The summed E-state index contributed by atoms with van der Waals surface area (Å²) in [7, 11) is 0. The Morgan fingerprint density at radius 2 is 2.11 bits per heavy atom. The maximum Gasteiger partial charge on any atom is 0.169 e. The smallest absolute Gasteiger partial charge is 0.169 e. The summed E-state index contributed by atoms with van der Waals surface area (Å²) in [4.78, 5) is 20.5. The Morgan fingerprint density at radius 1 is 1.28 bits per heavy atom. The Kier molecular flexibility index (Phi) is 4.20. The molecule has 0 radical (unpaired) electrons. The Bertz CT molecular complexity index is 552. The highest BCUT2D eigenvalue weighted by Crippen LogP contribution is 2.13. The number of hydrogen-bond acceptors (Lipinski definition) is 3. The Balaban J connectivity index is 2.19. The molecule has 0 aliphatic rings. The molecule has 2 aromatic heterocycles. The van der Waals surface area contributed by atoms with Gasteiger partial charge in [-0.25, -0.2) is 0 Å². The fourth-order valence-corrected chi connectivity index (χ4v) is 1.99. The van der Waals surface area contributed by atoms with Gasteiger partial charge in [0.15, 0.2) is 5.78 Å². The van der Waals surface area contributed by atoms with Crippen molar-refractivity contribution in [1.82, 2.24) is 9.97 Å². The average Bonchev–Trinajstić information content (AvgIpc) is 2.41. The van der Waals surface area contributed by atoms with Gasteiger partial charge < -0.3 is 0 Å². The first-order chi connectivity index (χ1) is 8.70. The lowest BCUT2D eigenvalue weighted by atomic mass is 10.0. The zero-order chi connectivity index (χ0) is 13.0. The van der Waals surface area contributed by atoms with Crippen LogP contribution in [0.4, 0.5) is 0 Å². The van der Waals surface area contributed by atoms with Crippen molar-refractivity contribution in [3.05, 3.63) is 58.1 Å². The minimum atomic E-state index is 0.0871. The van der Waals surface area contributed by atoms with Gasteiger partial charge in [0.25, 0.3) is 0 Å². The second kappa shape index (κ2) is 5.87. The van der Waals surface area contributed by atoms with Gasteiger partial charge in [0.2, 0.25) is 0 Å². The van der Waals surface area contributed by atoms with E-state index in [1.165, 1.54) is 0 Å². The molecule has 4 heteroatoms. The summed E-state index contributed by atoms with van der Waals surface area (Å²) < 4.78 is 0.914. The third-order valence-corrected chi connectivity index (χ3v) is 3.18. The Morgan fingerprint density at radius 3 is 2.78 bits per heavy atom. The van der Waals surface area contributed by atoms with Crippen molar-refractivity contribution >= 4 is 21.7 Å². The lowest BCUT2D eigenvalue weighted by Gasteiger charge is -2.05. The number of carbonyl (C=O) groups is 1. The number of pyridine rings is 2. The first-order valence-corrected chi connectivity index (χ1v) is 6.56. The summed E-state index contributed by atoms with van der Waals surface area (Å²) >= 11 is 3.32. The van der Waals surface area contributed by atoms with Crippen molar-refractivity contribution < 1.29 is 4.79 Å². The van der Waals surface area contributed by atoms with Gasteiger partial charge in [0.1, 0.15) is 0 Å². The molecular weight excluding hydrogens is 292 g/mol. The SMILES string of the molecule is CCc1cnccc1C(=O)Cc1ccc(Br)cn1. The minimum Gasteiger partial charge on any atom is -0.294 e. The highest BCUT2D eigenvalue weighted by Gasteiger charge is 2.11. The maximum atomic E-state index is 12.2. The predicted octanol–water partition coefficient (Wildman–Crippen LogP) is 3.23. The number of aryl methyl sites for hydroxylation is 1. The molecule has 0 spiro atoms. The van der Waals surface area contributed by atoms with Gasteiger partial charge in [-0.1, -0.05) is 6.92 Å². The van der Waals surface area contributed by atoms with Crippen molar-refractivity contribution in [3.63, 3.8) is 0 Å². The summed E-state index contributed by atoms with van der Waals surface area (Å²) in [6.45, 7) is 2.02. The van der Waals surface area contributed by atoms with Crippen LogP contribution in [0.3, 0.4) is 0 Å². The summed E-state index contributed by atoms with van der Waals surface area (Å²) in [5, 5.41) is 0. The molecule has 0 atom stereocenters. The largest absolute Gasteiger partial charge is 0.294 e. The van der Waals surface area contributed by atoms with Crippen LogP contribution in [0.5, 0.6) is 0 Å². The maximum absolute atomic E-state index is 12.2. The summed E-state index contributed by atoms with van der Waals surface area (Å²) in [6, 6.07) is 5.53. The van der Waals surface area contributed by atoms with Crippen molar-refractivity contribution in [2.45, 2.75) is 19.8 Å². The van der Waals surface area contributed by atoms with Gasteiger partial charge in [-0.15, -0.1) is 0 Å². The molecule has 0 bridgehead atoms. The van der Waals surface area contributed by atoms with Gasteiger partial charge in [-0.3, -0.25) is 14.8 Å². The van der Waals surface area contributed by atoms with E-state index in [2.05, 4.69) is 25.9 Å². The number of nitrogens with zero attached hydrogens (tertiary/aromatic N) is 2. The second-order valence-corrected chi connectivity index (χ2v) is 4.87. The average molecular weight is 305 g/mol. The van der Waals surface area contributed by atoms with Crippen molar-refractivity contribution in [2.24, 2.45) is 0 Å². The van der Waals surface area contributed by atoms with E-state index in [4.69, 9.17) is 0 Å². The molecule has 2 rings (SSSR count). The van der Waals surface area contributed by atoms with E-state index in [0.29, 0.717) is 6.42 Å². The molecule has 2 heterocycles. The van der Waals surface area contributed by atoms with E-state index in [9.17, 15) is 4.79 Å². The highest BCUT2D eigenvalue weighted by atomic mass is 79.9. The number of rotatable bonds is 4. The second-order valence-electron chi connectivity index (χ2n) is 3.95. The van der Waals surface area contributed by atoms with Crippen LogP contribution in [-0.2, 0) is 12.8 Å². The number of halogens is 1. The molecular formula is C14H13BrN2O. The molecule has 18 heavy (non-hydrogen) atoms. The quantitative estimate of drug-likeness (QED) is 0.815.